The van der Waals surface area contributed by atoms with Crippen LogP contribution in [-0.2, 0) is 4.79 Å². The lowest BCUT2D eigenvalue weighted by molar-refractivity contribution is -0.121. The normalized spacial score (nSPS) is 13.1. The summed E-state index contributed by atoms with van der Waals surface area (Å²) in [6, 6.07) is 0.148. The van der Waals surface area contributed by atoms with E-state index in [2.05, 4.69) is 36.1 Å². The molecule has 3 N–H and O–H groups in total. The Morgan fingerprint density at radius 1 is 1.29 bits per heavy atom. The zero-order valence-corrected chi connectivity index (χ0v) is 11.7. The molecule has 0 heterocycles. The number of hydrogen-bond donors (Lipinski definition) is 2. The maximum atomic E-state index is 11.4. The summed E-state index contributed by atoms with van der Waals surface area (Å²) in [6.07, 6.45) is 1.57. The number of carbonyl (C=O) groups excluding carboxylic acids is 1. The molecule has 0 spiro atoms. The Hall–Kier alpha value is -0.650. The van der Waals surface area contributed by atoms with Crippen LogP contribution in [0.5, 0.6) is 0 Å². The number of amides is 1. The van der Waals surface area contributed by atoms with Crippen LogP contribution in [0.25, 0.3) is 0 Å². The van der Waals surface area contributed by atoms with Gasteiger partial charge < -0.3 is 16.0 Å². The molecule has 5 nitrogen and oxygen atoms in total. The molecular formula is C12H28N4O. The number of hydrogen-bond acceptors (Lipinski definition) is 4. The molecule has 0 aromatic rings. The molecule has 0 saturated carbocycles. The predicted molar refractivity (Wildman–Crippen MR) is 71.9 cm³/mol. The number of nitrogens with zero attached hydrogens (tertiary/aromatic N) is 2. The minimum atomic E-state index is 0.0615. The predicted octanol–water partition coefficient (Wildman–Crippen LogP) is -0.277. The lowest BCUT2D eigenvalue weighted by Gasteiger charge is -2.31. The van der Waals surface area contributed by atoms with Gasteiger partial charge in [-0.05, 0) is 27.1 Å². The summed E-state index contributed by atoms with van der Waals surface area (Å²) in [5.74, 6) is 0.0615. The highest BCUT2D eigenvalue weighted by Gasteiger charge is 2.19. The summed E-state index contributed by atoms with van der Waals surface area (Å²) in [6.45, 7) is 5.62. The number of rotatable bonds is 9. The first-order valence-corrected chi connectivity index (χ1v) is 6.34. The average molecular weight is 244 g/mol. The second-order valence-electron chi connectivity index (χ2n) is 4.61. The van der Waals surface area contributed by atoms with Crippen LogP contribution in [0.3, 0.4) is 0 Å². The second-order valence-corrected chi connectivity index (χ2v) is 4.61. The lowest BCUT2D eigenvalue weighted by Crippen LogP contribution is -2.46. The van der Waals surface area contributed by atoms with E-state index in [-0.39, 0.29) is 11.9 Å². The minimum Gasteiger partial charge on any atom is -0.359 e. The van der Waals surface area contributed by atoms with Crippen LogP contribution in [0.2, 0.25) is 0 Å². The van der Waals surface area contributed by atoms with Gasteiger partial charge in [0, 0.05) is 39.1 Å². The number of nitrogens with one attached hydrogen (secondary N) is 1. The van der Waals surface area contributed by atoms with E-state index in [1.807, 2.05) is 0 Å². The van der Waals surface area contributed by atoms with E-state index in [0.717, 1.165) is 26.1 Å². The molecule has 0 aromatic heterocycles. The highest BCUT2D eigenvalue weighted by molar-refractivity contribution is 5.76. The monoisotopic (exact) mass is 244 g/mol. The van der Waals surface area contributed by atoms with Crippen LogP contribution < -0.4 is 11.1 Å². The Labute approximate surface area is 105 Å². The van der Waals surface area contributed by atoms with Gasteiger partial charge in [0.1, 0.15) is 0 Å². The van der Waals surface area contributed by atoms with E-state index >= 15 is 0 Å². The molecule has 1 atom stereocenters. The molecule has 0 radical (unpaired) electrons. The molecular weight excluding hydrogens is 216 g/mol. The molecule has 0 fully saturated rings. The third kappa shape index (κ3) is 7.31. The Bertz CT molecular complexity index is 209. The van der Waals surface area contributed by atoms with E-state index in [1.165, 1.54) is 0 Å². The molecule has 0 bridgehead atoms. The van der Waals surface area contributed by atoms with Crippen molar-refractivity contribution >= 4 is 5.91 Å². The molecule has 1 amide bonds. The Kier molecular flexibility index (Phi) is 9.03. The van der Waals surface area contributed by atoms with E-state index in [4.69, 9.17) is 5.73 Å². The lowest BCUT2D eigenvalue weighted by atomic mass is 10.1. The van der Waals surface area contributed by atoms with Gasteiger partial charge in [0.25, 0.3) is 0 Å². The third-order valence-corrected chi connectivity index (χ3v) is 2.83. The molecule has 0 aromatic carbocycles. The largest absolute Gasteiger partial charge is 0.359 e. The first kappa shape index (κ1) is 16.4. The fourth-order valence-electron chi connectivity index (χ4n) is 1.77. The third-order valence-electron chi connectivity index (χ3n) is 2.83. The first-order valence-electron chi connectivity index (χ1n) is 6.34. The summed E-state index contributed by atoms with van der Waals surface area (Å²) in [7, 11) is 5.78. The number of likely N-dealkylation sites (N-methyl/N-ethyl adjacent to an activating group) is 1. The fraction of sp³-hybridized carbons (Fsp3) is 0.917. The standard InChI is InChI=1S/C12H28N4O/c1-5-6-16(8-7-15(3)4)11(10-13)9-12(17)14-2/h11H,5-10,13H2,1-4H3,(H,14,17). The zero-order valence-electron chi connectivity index (χ0n) is 11.7. The average Bonchev–Trinajstić information content (AvgIpc) is 2.31. The van der Waals surface area contributed by atoms with Crippen molar-refractivity contribution in [2.24, 2.45) is 5.73 Å². The van der Waals surface area contributed by atoms with Crippen LogP contribution in [0.4, 0.5) is 0 Å². The Balaban J connectivity index is 4.34. The summed E-state index contributed by atoms with van der Waals surface area (Å²) in [4.78, 5) is 15.9. The van der Waals surface area contributed by atoms with Crippen molar-refractivity contribution < 1.29 is 4.79 Å². The van der Waals surface area contributed by atoms with Crippen LogP contribution in [0.1, 0.15) is 19.8 Å². The van der Waals surface area contributed by atoms with Gasteiger partial charge in [0.05, 0.1) is 0 Å². The van der Waals surface area contributed by atoms with Crippen molar-refractivity contribution in [1.82, 2.24) is 15.1 Å². The smallest absolute Gasteiger partial charge is 0.221 e. The maximum Gasteiger partial charge on any atom is 0.221 e. The molecule has 0 rings (SSSR count). The number of carbonyl (C=O) groups is 1. The van der Waals surface area contributed by atoms with Gasteiger partial charge in [-0.25, -0.2) is 0 Å². The molecule has 1 unspecified atom stereocenters. The van der Waals surface area contributed by atoms with E-state index in [1.54, 1.807) is 7.05 Å². The van der Waals surface area contributed by atoms with Gasteiger partial charge in [0.2, 0.25) is 5.91 Å². The maximum absolute atomic E-state index is 11.4. The Morgan fingerprint density at radius 2 is 1.94 bits per heavy atom. The summed E-state index contributed by atoms with van der Waals surface area (Å²) in [5, 5.41) is 2.66. The Morgan fingerprint density at radius 3 is 2.35 bits per heavy atom. The summed E-state index contributed by atoms with van der Waals surface area (Å²) < 4.78 is 0. The molecule has 0 saturated heterocycles. The van der Waals surface area contributed by atoms with Crippen LogP contribution >= 0.6 is 0 Å². The number of nitrogens with two attached hydrogens (primary N) is 1. The van der Waals surface area contributed by atoms with E-state index < -0.39 is 0 Å². The SMILES string of the molecule is CCCN(CCN(C)C)C(CN)CC(=O)NC. The van der Waals surface area contributed by atoms with Crippen molar-refractivity contribution in [1.29, 1.82) is 0 Å². The van der Waals surface area contributed by atoms with Crippen molar-refractivity contribution in [2.45, 2.75) is 25.8 Å². The topological polar surface area (TPSA) is 61.6 Å². The highest BCUT2D eigenvalue weighted by atomic mass is 16.1. The van der Waals surface area contributed by atoms with Gasteiger partial charge in [-0.15, -0.1) is 0 Å². The van der Waals surface area contributed by atoms with Crippen molar-refractivity contribution in [2.75, 3.05) is 47.3 Å². The van der Waals surface area contributed by atoms with Gasteiger partial charge in [-0.2, -0.15) is 0 Å². The van der Waals surface area contributed by atoms with Gasteiger partial charge >= 0.3 is 0 Å². The van der Waals surface area contributed by atoms with Crippen LogP contribution in [0.15, 0.2) is 0 Å². The van der Waals surface area contributed by atoms with Crippen molar-refractivity contribution in [3.05, 3.63) is 0 Å². The highest BCUT2D eigenvalue weighted by Crippen LogP contribution is 2.04. The van der Waals surface area contributed by atoms with Gasteiger partial charge in [-0.1, -0.05) is 6.92 Å². The zero-order chi connectivity index (χ0) is 13.3. The summed E-state index contributed by atoms with van der Waals surface area (Å²) >= 11 is 0. The molecule has 0 aliphatic heterocycles. The second kappa shape index (κ2) is 9.39. The minimum absolute atomic E-state index is 0.0615. The summed E-state index contributed by atoms with van der Waals surface area (Å²) in [5.41, 5.74) is 5.78. The van der Waals surface area contributed by atoms with Crippen molar-refractivity contribution in [3.63, 3.8) is 0 Å². The molecule has 0 aliphatic carbocycles. The van der Waals surface area contributed by atoms with Crippen molar-refractivity contribution in [3.8, 4) is 0 Å². The van der Waals surface area contributed by atoms with Gasteiger partial charge in [-0.3, -0.25) is 9.69 Å². The molecule has 17 heavy (non-hydrogen) atoms. The van der Waals surface area contributed by atoms with Crippen LogP contribution in [0, 0.1) is 0 Å². The fourth-order valence-corrected chi connectivity index (χ4v) is 1.77. The van der Waals surface area contributed by atoms with E-state index in [9.17, 15) is 4.79 Å². The molecule has 102 valence electrons. The molecule has 5 heteroatoms. The van der Waals surface area contributed by atoms with Crippen LogP contribution in [-0.4, -0.2) is 69.1 Å². The first-order chi connectivity index (χ1) is 8.04. The quantitative estimate of drug-likeness (QED) is 0.586. The van der Waals surface area contributed by atoms with E-state index in [0.29, 0.717) is 13.0 Å². The van der Waals surface area contributed by atoms with Gasteiger partial charge in [0.15, 0.2) is 0 Å². The molecule has 0 aliphatic rings.